The maximum Gasteiger partial charge on any atom is 0.199 e. The fourth-order valence-corrected chi connectivity index (χ4v) is 2.95. The number of anilines is 1. The summed E-state index contributed by atoms with van der Waals surface area (Å²) in [7, 11) is 2.07. The van der Waals surface area contributed by atoms with Crippen LogP contribution in [0.15, 0.2) is 12.1 Å². The molecule has 0 bridgehead atoms. The Kier molecular flexibility index (Phi) is 2.00. The van der Waals surface area contributed by atoms with E-state index in [0.717, 1.165) is 34.5 Å². The van der Waals surface area contributed by atoms with Gasteiger partial charge in [-0.3, -0.25) is 0 Å². The lowest BCUT2D eigenvalue weighted by Crippen LogP contribution is -2.28. The van der Waals surface area contributed by atoms with Crippen LogP contribution < -0.4 is 9.64 Å². The summed E-state index contributed by atoms with van der Waals surface area (Å²) < 4.78 is 5.60. The van der Waals surface area contributed by atoms with Crippen molar-refractivity contribution in [2.75, 3.05) is 25.1 Å². The van der Waals surface area contributed by atoms with Crippen molar-refractivity contribution in [3.8, 4) is 15.6 Å². The van der Waals surface area contributed by atoms with Gasteiger partial charge in [0.15, 0.2) is 5.06 Å². The van der Waals surface area contributed by atoms with E-state index in [1.54, 1.807) is 11.3 Å². The van der Waals surface area contributed by atoms with Gasteiger partial charge in [-0.1, -0.05) is 22.9 Å². The first kappa shape index (κ1) is 9.24. The Labute approximate surface area is 96.6 Å². The van der Waals surface area contributed by atoms with Crippen LogP contribution in [0.3, 0.4) is 0 Å². The molecule has 0 saturated carbocycles. The summed E-state index contributed by atoms with van der Waals surface area (Å²) in [5.74, 6) is 0. The van der Waals surface area contributed by atoms with Gasteiger partial charge in [0, 0.05) is 12.6 Å². The standard InChI is InChI=1S/C10H9ClN2OS/c1-13-2-3-14-10-7(13)4-6-5-8(11)12-9(6)15-10/h4-5H,2-3H2,1H3. The summed E-state index contributed by atoms with van der Waals surface area (Å²) in [6.07, 6.45) is 0. The molecule has 3 nitrogen and oxygen atoms in total. The first-order chi connectivity index (χ1) is 7.24. The van der Waals surface area contributed by atoms with Crippen molar-refractivity contribution < 1.29 is 4.74 Å². The minimum Gasteiger partial charge on any atom is -0.480 e. The van der Waals surface area contributed by atoms with Gasteiger partial charge in [-0.15, -0.1) is 0 Å². The molecule has 0 aromatic carbocycles. The van der Waals surface area contributed by atoms with Crippen molar-refractivity contribution in [3.63, 3.8) is 0 Å². The summed E-state index contributed by atoms with van der Waals surface area (Å²) >= 11 is 7.42. The highest BCUT2D eigenvalue weighted by Gasteiger charge is 2.20. The Morgan fingerprint density at radius 3 is 3.27 bits per heavy atom. The molecule has 0 aromatic heterocycles. The fourth-order valence-electron chi connectivity index (χ4n) is 1.68. The Morgan fingerprint density at radius 1 is 1.53 bits per heavy atom. The van der Waals surface area contributed by atoms with Crippen LogP contribution in [0.2, 0.25) is 5.15 Å². The van der Waals surface area contributed by atoms with E-state index in [-0.39, 0.29) is 0 Å². The van der Waals surface area contributed by atoms with E-state index in [2.05, 4.69) is 23.0 Å². The third-order valence-electron chi connectivity index (χ3n) is 2.49. The van der Waals surface area contributed by atoms with Gasteiger partial charge in [0.05, 0.1) is 12.2 Å². The molecule has 15 heavy (non-hydrogen) atoms. The topological polar surface area (TPSA) is 25.4 Å². The fraction of sp³-hybridized carbons (Fsp3) is 0.300. The van der Waals surface area contributed by atoms with Crippen molar-refractivity contribution in [2.45, 2.75) is 0 Å². The van der Waals surface area contributed by atoms with Crippen LogP contribution in [-0.2, 0) is 0 Å². The number of ether oxygens (including phenoxy) is 1. The lowest BCUT2D eigenvalue weighted by atomic mass is 10.2. The molecule has 5 heteroatoms. The molecule has 0 N–H and O–H groups in total. The first-order valence-electron chi connectivity index (χ1n) is 4.68. The molecule has 0 saturated heterocycles. The number of hydrogen-bond donors (Lipinski definition) is 0. The highest BCUT2D eigenvalue weighted by molar-refractivity contribution is 7.17. The minimum absolute atomic E-state index is 0.547. The van der Waals surface area contributed by atoms with Crippen molar-refractivity contribution in [1.29, 1.82) is 0 Å². The second kappa shape index (κ2) is 3.25. The van der Waals surface area contributed by atoms with Crippen LogP contribution in [0.25, 0.3) is 10.6 Å². The normalized spacial score (nSPS) is 15.2. The van der Waals surface area contributed by atoms with Crippen molar-refractivity contribution in [3.05, 3.63) is 17.3 Å². The minimum atomic E-state index is 0.547. The summed E-state index contributed by atoms with van der Waals surface area (Å²) in [5, 5.41) is 2.42. The Bertz CT molecular complexity index is 485. The first-order valence-corrected chi connectivity index (χ1v) is 5.87. The van der Waals surface area contributed by atoms with Gasteiger partial charge in [-0.05, 0) is 12.1 Å². The number of halogens is 1. The van der Waals surface area contributed by atoms with Crippen molar-refractivity contribution >= 4 is 28.6 Å². The Hall–Kier alpha value is -1.00. The van der Waals surface area contributed by atoms with Crippen LogP contribution in [0.1, 0.15) is 0 Å². The smallest absolute Gasteiger partial charge is 0.199 e. The molecule has 0 unspecified atom stereocenters. The molecule has 3 heterocycles. The van der Waals surface area contributed by atoms with E-state index in [1.165, 1.54) is 0 Å². The number of nitrogens with zero attached hydrogens (tertiary/aromatic N) is 2. The van der Waals surface area contributed by atoms with E-state index in [0.29, 0.717) is 5.15 Å². The number of likely N-dealkylation sites (N-methyl/N-ethyl adjacent to an activating group) is 1. The molecule has 0 aromatic rings. The molecule has 3 rings (SSSR count). The molecule has 0 fully saturated rings. The Morgan fingerprint density at radius 2 is 2.40 bits per heavy atom. The molecule has 0 amide bonds. The predicted octanol–water partition coefficient (Wildman–Crippen LogP) is 2.73. The lowest BCUT2D eigenvalue weighted by Gasteiger charge is -2.27. The van der Waals surface area contributed by atoms with E-state index in [9.17, 15) is 0 Å². The maximum absolute atomic E-state index is 5.87. The second-order valence-corrected chi connectivity index (χ2v) is 4.88. The number of fused-ring (bicyclic) bond motifs is 2. The summed E-state index contributed by atoms with van der Waals surface area (Å²) in [6.45, 7) is 1.66. The summed E-state index contributed by atoms with van der Waals surface area (Å²) in [5.41, 5.74) is 2.21. The van der Waals surface area contributed by atoms with Gasteiger partial charge < -0.3 is 9.64 Å². The zero-order valence-corrected chi connectivity index (χ0v) is 9.73. The van der Waals surface area contributed by atoms with Crippen molar-refractivity contribution in [1.82, 2.24) is 4.98 Å². The van der Waals surface area contributed by atoms with Crippen LogP contribution in [-0.4, -0.2) is 25.2 Å². The van der Waals surface area contributed by atoms with Crippen LogP contribution in [0.5, 0.6) is 5.06 Å². The lowest BCUT2D eigenvalue weighted by molar-refractivity contribution is 0.320. The average molecular weight is 241 g/mol. The number of hydrogen-bond acceptors (Lipinski definition) is 4. The largest absolute Gasteiger partial charge is 0.480 e. The highest BCUT2D eigenvalue weighted by Crippen LogP contribution is 2.43. The molecule has 0 spiro atoms. The predicted molar refractivity (Wildman–Crippen MR) is 62.5 cm³/mol. The van der Waals surface area contributed by atoms with Crippen LogP contribution >= 0.6 is 22.9 Å². The molecule has 3 aliphatic rings. The number of aromatic nitrogens is 1. The zero-order valence-electron chi connectivity index (χ0n) is 8.16. The summed E-state index contributed by atoms with van der Waals surface area (Å²) in [6, 6.07) is 3.97. The van der Waals surface area contributed by atoms with Crippen LogP contribution in [0.4, 0.5) is 5.69 Å². The van der Waals surface area contributed by atoms with Gasteiger partial charge in [-0.25, -0.2) is 4.98 Å². The van der Waals surface area contributed by atoms with E-state index in [4.69, 9.17) is 16.3 Å². The van der Waals surface area contributed by atoms with Gasteiger partial charge in [-0.2, -0.15) is 0 Å². The molecule has 0 radical (unpaired) electrons. The maximum atomic E-state index is 5.87. The molecule has 78 valence electrons. The Balaban J connectivity index is 2.23. The third kappa shape index (κ3) is 1.44. The zero-order chi connectivity index (χ0) is 10.4. The van der Waals surface area contributed by atoms with Gasteiger partial charge in [0.2, 0.25) is 0 Å². The van der Waals surface area contributed by atoms with Crippen molar-refractivity contribution in [2.24, 2.45) is 0 Å². The molecule has 0 aliphatic carbocycles. The highest BCUT2D eigenvalue weighted by atomic mass is 35.5. The average Bonchev–Trinajstić information content (AvgIpc) is 2.55. The van der Waals surface area contributed by atoms with Crippen LogP contribution in [0, 0.1) is 0 Å². The van der Waals surface area contributed by atoms with Gasteiger partial charge >= 0.3 is 0 Å². The van der Waals surface area contributed by atoms with Gasteiger partial charge in [0.1, 0.15) is 16.8 Å². The molecular formula is C10H9ClN2OS. The van der Waals surface area contributed by atoms with E-state index in [1.807, 2.05) is 6.07 Å². The second-order valence-electron chi connectivity index (χ2n) is 3.53. The van der Waals surface area contributed by atoms with Gasteiger partial charge in [0.25, 0.3) is 0 Å². The molecule has 0 atom stereocenters. The quantitative estimate of drug-likeness (QED) is 0.708. The molecule has 3 aliphatic heterocycles. The van der Waals surface area contributed by atoms with E-state index >= 15 is 0 Å². The SMILES string of the molecule is CN1CCOc2sc3nc(Cl)cc-3cc21. The summed E-state index contributed by atoms with van der Waals surface area (Å²) in [4.78, 5) is 6.42. The van der Waals surface area contributed by atoms with E-state index < -0.39 is 0 Å². The number of rotatable bonds is 0. The third-order valence-corrected chi connectivity index (χ3v) is 3.72. The molecular weight excluding hydrogens is 232 g/mol. The monoisotopic (exact) mass is 240 g/mol.